The maximum Gasteiger partial charge on any atom is 0.253 e. The zero-order valence-corrected chi connectivity index (χ0v) is 19.7. The summed E-state index contributed by atoms with van der Waals surface area (Å²) in [6.07, 6.45) is 4.79. The van der Waals surface area contributed by atoms with Gasteiger partial charge in [-0.2, -0.15) is 0 Å². The third kappa shape index (κ3) is 5.79. The van der Waals surface area contributed by atoms with Crippen molar-refractivity contribution in [3.05, 3.63) is 76.9 Å². The Morgan fingerprint density at radius 2 is 1.91 bits per heavy atom. The normalized spacial score (nSPS) is 14.9. The Kier molecular flexibility index (Phi) is 7.40. The molecule has 0 unspecified atom stereocenters. The summed E-state index contributed by atoms with van der Waals surface area (Å²) in [5, 5.41) is 3.95. The number of hydrogen-bond donors (Lipinski definition) is 0. The van der Waals surface area contributed by atoms with E-state index in [1.807, 2.05) is 68.4 Å². The van der Waals surface area contributed by atoms with E-state index in [2.05, 4.69) is 21.1 Å². The molecule has 0 N–H and O–H groups in total. The van der Waals surface area contributed by atoms with Crippen molar-refractivity contribution >= 4 is 5.91 Å². The molecule has 1 aromatic carbocycles. The van der Waals surface area contributed by atoms with Crippen LogP contribution >= 0.6 is 0 Å². The zero-order valence-electron chi connectivity index (χ0n) is 19.7. The molecule has 1 aliphatic heterocycles. The van der Waals surface area contributed by atoms with Crippen LogP contribution in [0.2, 0.25) is 0 Å². The molecule has 1 aliphatic rings. The van der Waals surface area contributed by atoms with E-state index >= 15 is 0 Å². The number of benzene rings is 1. The molecular formula is C26H32N4O3. The number of pyridine rings is 1. The number of likely N-dealkylation sites (tertiary alicyclic amines) is 1. The van der Waals surface area contributed by atoms with Crippen LogP contribution in [-0.4, -0.2) is 58.6 Å². The van der Waals surface area contributed by atoms with Crippen LogP contribution in [0.1, 0.15) is 45.9 Å². The lowest BCUT2D eigenvalue weighted by Crippen LogP contribution is -2.46. The summed E-state index contributed by atoms with van der Waals surface area (Å²) in [5.41, 5.74) is 3.61. The lowest BCUT2D eigenvalue weighted by molar-refractivity contribution is 0.0643. The van der Waals surface area contributed by atoms with Crippen LogP contribution in [0, 0.1) is 13.8 Å². The van der Waals surface area contributed by atoms with Gasteiger partial charge in [0.15, 0.2) is 0 Å². The molecular weight excluding hydrogens is 416 g/mol. The standard InChI is InChI=1S/C26H32N4O3/c1-19-25(20(2)33-28-19)18-32-24-9-7-21(8-10-24)26(31)29(3)23-12-16-30(17-13-23)15-11-22-6-4-5-14-27-22/h4-10,14,23H,11-13,15-18H2,1-3H3. The first-order valence-electron chi connectivity index (χ1n) is 11.6. The molecule has 3 heterocycles. The average molecular weight is 449 g/mol. The van der Waals surface area contributed by atoms with E-state index in [9.17, 15) is 4.79 Å². The summed E-state index contributed by atoms with van der Waals surface area (Å²) in [4.78, 5) is 21.8. The Balaban J connectivity index is 1.25. The lowest BCUT2D eigenvalue weighted by Gasteiger charge is -2.36. The Morgan fingerprint density at radius 3 is 2.55 bits per heavy atom. The number of amides is 1. The Bertz CT molecular complexity index is 1020. The van der Waals surface area contributed by atoms with Crippen molar-refractivity contribution in [2.45, 2.75) is 45.8 Å². The van der Waals surface area contributed by atoms with Crippen LogP contribution in [-0.2, 0) is 13.0 Å². The molecule has 0 saturated carbocycles. The third-order valence-electron chi connectivity index (χ3n) is 6.50. The van der Waals surface area contributed by atoms with Gasteiger partial charge >= 0.3 is 0 Å². The monoisotopic (exact) mass is 448 g/mol. The van der Waals surface area contributed by atoms with Crippen LogP contribution in [0.4, 0.5) is 0 Å². The van der Waals surface area contributed by atoms with Crippen LogP contribution in [0.15, 0.2) is 53.2 Å². The Hall–Kier alpha value is -3.19. The summed E-state index contributed by atoms with van der Waals surface area (Å²) < 4.78 is 11.0. The van der Waals surface area contributed by atoms with E-state index in [1.54, 1.807) is 0 Å². The highest BCUT2D eigenvalue weighted by atomic mass is 16.5. The van der Waals surface area contributed by atoms with Gasteiger partial charge in [-0.3, -0.25) is 9.78 Å². The number of ether oxygens (including phenoxy) is 1. The van der Waals surface area contributed by atoms with E-state index in [-0.39, 0.29) is 11.9 Å². The van der Waals surface area contributed by atoms with Crippen molar-refractivity contribution in [2.24, 2.45) is 0 Å². The summed E-state index contributed by atoms with van der Waals surface area (Å²) in [6, 6.07) is 13.7. The number of aryl methyl sites for hydroxylation is 2. The molecule has 1 amide bonds. The fourth-order valence-corrected chi connectivity index (χ4v) is 4.28. The maximum absolute atomic E-state index is 13.0. The first kappa shape index (κ1) is 23.0. The fraction of sp³-hybridized carbons (Fsp3) is 0.423. The van der Waals surface area contributed by atoms with Crippen LogP contribution in [0.3, 0.4) is 0 Å². The Morgan fingerprint density at radius 1 is 1.15 bits per heavy atom. The molecule has 1 fully saturated rings. The molecule has 174 valence electrons. The van der Waals surface area contributed by atoms with E-state index in [0.717, 1.165) is 67.4 Å². The van der Waals surface area contributed by atoms with E-state index in [0.29, 0.717) is 12.2 Å². The van der Waals surface area contributed by atoms with Crippen molar-refractivity contribution in [2.75, 3.05) is 26.7 Å². The predicted octanol–water partition coefficient (Wildman–Crippen LogP) is 4.04. The largest absolute Gasteiger partial charge is 0.489 e. The number of nitrogens with zero attached hydrogens (tertiary/aromatic N) is 4. The second kappa shape index (κ2) is 10.6. The first-order chi connectivity index (χ1) is 16.0. The molecule has 0 bridgehead atoms. The molecule has 0 radical (unpaired) electrons. The van der Waals surface area contributed by atoms with Gasteiger partial charge in [-0.05, 0) is 63.1 Å². The molecule has 0 spiro atoms. The van der Waals surface area contributed by atoms with Crippen molar-refractivity contribution in [1.82, 2.24) is 19.9 Å². The fourth-order valence-electron chi connectivity index (χ4n) is 4.28. The number of aromatic nitrogens is 2. The van der Waals surface area contributed by atoms with Crippen LogP contribution < -0.4 is 4.74 Å². The number of carbonyl (C=O) groups excluding carboxylic acids is 1. The maximum atomic E-state index is 13.0. The van der Waals surface area contributed by atoms with Crippen molar-refractivity contribution < 1.29 is 14.1 Å². The molecule has 7 nitrogen and oxygen atoms in total. The second-order valence-electron chi connectivity index (χ2n) is 8.68. The van der Waals surface area contributed by atoms with Crippen molar-refractivity contribution in [3.8, 4) is 5.75 Å². The number of carbonyl (C=O) groups is 1. The summed E-state index contributed by atoms with van der Waals surface area (Å²) >= 11 is 0. The summed E-state index contributed by atoms with van der Waals surface area (Å²) in [7, 11) is 1.92. The van der Waals surface area contributed by atoms with Gasteiger partial charge in [0, 0.05) is 56.6 Å². The van der Waals surface area contributed by atoms with Gasteiger partial charge in [-0.1, -0.05) is 11.2 Å². The van der Waals surface area contributed by atoms with E-state index < -0.39 is 0 Å². The number of hydrogen-bond acceptors (Lipinski definition) is 6. The van der Waals surface area contributed by atoms with Gasteiger partial charge < -0.3 is 19.1 Å². The predicted molar refractivity (Wildman–Crippen MR) is 126 cm³/mol. The van der Waals surface area contributed by atoms with Crippen LogP contribution in [0.25, 0.3) is 0 Å². The van der Waals surface area contributed by atoms with E-state index in [1.165, 1.54) is 0 Å². The highest BCUT2D eigenvalue weighted by molar-refractivity contribution is 5.94. The van der Waals surface area contributed by atoms with Crippen molar-refractivity contribution in [1.29, 1.82) is 0 Å². The van der Waals surface area contributed by atoms with Gasteiger partial charge in [0.1, 0.15) is 18.1 Å². The minimum atomic E-state index is 0.0548. The van der Waals surface area contributed by atoms with Gasteiger partial charge in [0.05, 0.1) is 11.3 Å². The SMILES string of the molecule is Cc1noc(C)c1COc1ccc(C(=O)N(C)C2CCN(CCc3ccccn3)CC2)cc1. The highest BCUT2D eigenvalue weighted by Crippen LogP contribution is 2.21. The van der Waals surface area contributed by atoms with Gasteiger partial charge in [0.2, 0.25) is 0 Å². The Labute approximate surface area is 195 Å². The minimum absolute atomic E-state index is 0.0548. The highest BCUT2D eigenvalue weighted by Gasteiger charge is 2.26. The van der Waals surface area contributed by atoms with Crippen molar-refractivity contribution in [3.63, 3.8) is 0 Å². The number of piperidine rings is 1. The van der Waals surface area contributed by atoms with Gasteiger partial charge in [-0.15, -0.1) is 0 Å². The summed E-state index contributed by atoms with van der Waals surface area (Å²) in [5.74, 6) is 1.54. The molecule has 33 heavy (non-hydrogen) atoms. The topological polar surface area (TPSA) is 71.7 Å². The number of rotatable bonds is 8. The lowest BCUT2D eigenvalue weighted by atomic mass is 10.0. The third-order valence-corrected chi connectivity index (χ3v) is 6.50. The van der Waals surface area contributed by atoms with Gasteiger partial charge in [-0.25, -0.2) is 0 Å². The molecule has 0 aliphatic carbocycles. The minimum Gasteiger partial charge on any atom is -0.489 e. The van der Waals surface area contributed by atoms with Gasteiger partial charge in [0.25, 0.3) is 5.91 Å². The summed E-state index contributed by atoms with van der Waals surface area (Å²) in [6.45, 7) is 7.19. The molecule has 4 rings (SSSR count). The average Bonchev–Trinajstić information content (AvgIpc) is 3.18. The zero-order chi connectivity index (χ0) is 23.2. The molecule has 3 aromatic rings. The molecule has 0 atom stereocenters. The molecule has 2 aromatic heterocycles. The molecule has 1 saturated heterocycles. The smallest absolute Gasteiger partial charge is 0.253 e. The quantitative estimate of drug-likeness (QED) is 0.518. The van der Waals surface area contributed by atoms with Crippen LogP contribution in [0.5, 0.6) is 5.75 Å². The molecule has 7 heteroatoms. The van der Waals surface area contributed by atoms with E-state index in [4.69, 9.17) is 9.26 Å². The first-order valence-corrected chi connectivity index (χ1v) is 11.6. The second-order valence-corrected chi connectivity index (χ2v) is 8.68.